The molecule has 0 aliphatic carbocycles. The number of hydrogen-bond donors (Lipinski definition) is 1. The van der Waals surface area contributed by atoms with Gasteiger partial charge >= 0.3 is 0 Å². The summed E-state index contributed by atoms with van der Waals surface area (Å²) in [6, 6.07) is 5.67. The van der Waals surface area contributed by atoms with Crippen molar-refractivity contribution in [1.29, 1.82) is 0 Å². The van der Waals surface area contributed by atoms with Crippen molar-refractivity contribution in [2.24, 2.45) is 0 Å². The predicted molar refractivity (Wildman–Crippen MR) is 77.5 cm³/mol. The van der Waals surface area contributed by atoms with E-state index in [0.29, 0.717) is 23.1 Å². The highest BCUT2D eigenvalue weighted by Crippen LogP contribution is 2.26. The van der Waals surface area contributed by atoms with E-state index in [9.17, 15) is 4.79 Å². The fourth-order valence-electron chi connectivity index (χ4n) is 2.55. The van der Waals surface area contributed by atoms with E-state index in [1.807, 2.05) is 11.9 Å². The Balaban J connectivity index is 2.23. The van der Waals surface area contributed by atoms with Crippen LogP contribution in [0.15, 0.2) is 18.2 Å². The first-order valence-corrected chi connectivity index (χ1v) is 6.88. The van der Waals surface area contributed by atoms with Gasteiger partial charge in [0.25, 0.3) is 5.91 Å². The van der Waals surface area contributed by atoms with Gasteiger partial charge in [-0.05, 0) is 38.1 Å². The van der Waals surface area contributed by atoms with E-state index in [2.05, 4.69) is 5.32 Å². The van der Waals surface area contributed by atoms with Crippen LogP contribution in [0, 0.1) is 0 Å². The number of likely N-dealkylation sites (tertiary alicyclic amines) is 1. The second-order valence-corrected chi connectivity index (χ2v) is 4.95. The topological polar surface area (TPSA) is 50.8 Å². The molecule has 0 spiro atoms. The lowest BCUT2D eigenvalue weighted by Gasteiger charge is -2.33. The number of nitrogens with one attached hydrogen (secondary N) is 1. The number of rotatable bonds is 4. The third kappa shape index (κ3) is 3.04. The summed E-state index contributed by atoms with van der Waals surface area (Å²) in [6.45, 7) is 1.52. The van der Waals surface area contributed by atoms with Gasteiger partial charge in [-0.3, -0.25) is 4.79 Å². The quantitative estimate of drug-likeness (QED) is 0.907. The molecule has 1 saturated heterocycles. The molecule has 0 radical (unpaired) electrons. The van der Waals surface area contributed by atoms with Crippen LogP contribution in [0.3, 0.4) is 0 Å². The average molecular weight is 278 g/mol. The highest BCUT2D eigenvalue weighted by molar-refractivity contribution is 5.97. The number of amides is 1. The van der Waals surface area contributed by atoms with E-state index >= 15 is 0 Å². The van der Waals surface area contributed by atoms with Crippen LogP contribution in [0.2, 0.25) is 0 Å². The number of hydrogen-bond acceptors (Lipinski definition) is 4. The van der Waals surface area contributed by atoms with Gasteiger partial charge in [0.15, 0.2) is 0 Å². The Hall–Kier alpha value is -1.75. The average Bonchev–Trinajstić information content (AvgIpc) is 2.53. The van der Waals surface area contributed by atoms with Gasteiger partial charge in [-0.25, -0.2) is 0 Å². The van der Waals surface area contributed by atoms with Crippen LogP contribution in [-0.2, 0) is 0 Å². The Morgan fingerprint density at radius 3 is 2.80 bits per heavy atom. The third-order valence-corrected chi connectivity index (χ3v) is 3.75. The van der Waals surface area contributed by atoms with Gasteiger partial charge in [0, 0.05) is 19.1 Å². The van der Waals surface area contributed by atoms with Gasteiger partial charge in [-0.1, -0.05) is 0 Å². The van der Waals surface area contributed by atoms with Gasteiger partial charge in [0.05, 0.1) is 19.8 Å². The molecule has 110 valence electrons. The van der Waals surface area contributed by atoms with Crippen molar-refractivity contribution in [3.63, 3.8) is 0 Å². The molecule has 1 fully saturated rings. The first-order chi connectivity index (χ1) is 9.69. The lowest BCUT2D eigenvalue weighted by atomic mass is 10.0. The van der Waals surface area contributed by atoms with Crippen LogP contribution in [-0.4, -0.2) is 51.2 Å². The zero-order chi connectivity index (χ0) is 14.5. The minimum atomic E-state index is 0.000648. The van der Waals surface area contributed by atoms with Crippen LogP contribution >= 0.6 is 0 Å². The van der Waals surface area contributed by atoms with Crippen LogP contribution < -0.4 is 14.8 Å². The number of ether oxygens (including phenoxy) is 2. The molecule has 5 nitrogen and oxygen atoms in total. The molecule has 0 aromatic heterocycles. The van der Waals surface area contributed by atoms with Crippen molar-refractivity contribution in [3.8, 4) is 11.5 Å². The number of nitrogens with zero attached hydrogens (tertiary/aromatic N) is 1. The fraction of sp³-hybridized carbons (Fsp3) is 0.533. The van der Waals surface area contributed by atoms with Crippen molar-refractivity contribution in [2.45, 2.75) is 18.9 Å². The Kier molecular flexibility index (Phi) is 4.84. The summed E-state index contributed by atoms with van der Waals surface area (Å²) in [5.74, 6) is 1.25. The zero-order valence-electron chi connectivity index (χ0n) is 12.3. The predicted octanol–water partition coefficient (Wildman–Crippen LogP) is 1.53. The summed E-state index contributed by atoms with van der Waals surface area (Å²) in [6.07, 6.45) is 2.12. The molecule has 1 aliphatic rings. The number of carbonyl (C=O) groups is 1. The summed E-state index contributed by atoms with van der Waals surface area (Å²) in [5, 5.41) is 3.24. The molecule has 1 N–H and O–H groups in total. The molecule has 20 heavy (non-hydrogen) atoms. The molecule has 1 aromatic carbocycles. The van der Waals surface area contributed by atoms with E-state index in [4.69, 9.17) is 9.47 Å². The first kappa shape index (κ1) is 14.7. The fourth-order valence-corrected chi connectivity index (χ4v) is 2.55. The minimum Gasteiger partial charge on any atom is -0.497 e. The second kappa shape index (κ2) is 6.61. The molecular weight excluding hydrogens is 256 g/mol. The molecule has 1 atom stereocenters. The van der Waals surface area contributed by atoms with E-state index in [-0.39, 0.29) is 5.91 Å². The summed E-state index contributed by atoms with van der Waals surface area (Å²) >= 11 is 0. The van der Waals surface area contributed by atoms with Crippen molar-refractivity contribution >= 4 is 5.91 Å². The van der Waals surface area contributed by atoms with Crippen LogP contribution in [0.4, 0.5) is 0 Å². The lowest BCUT2D eigenvalue weighted by molar-refractivity contribution is 0.0694. The molecule has 5 heteroatoms. The third-order valence-electron chi connectivity index (χ3n) is 3.75. The molecule has 0 bridgehead atoms. The van der Waals surface area contributed by atoms with Gasteiger partial charge in [0.1, 0.15) is 11.5 Å². The summed E-state index contributed by atoms with van der Waals surface area (Å²) in [5.41, 5.74) is 0.559. The molecule has 1 aliphatic heterocycles. The van der Waals surface area contributed by atoms with E-state index in [1.165, 1.54) is 0 Å². The standard InChI is InChI=1S/C15H22N2O3/c1-16-11-5-4-8-17(10-11)15(18)13-9-12(19-2)6-7-14(13)20-3/h6-7,9,11,16H,4-5,8,10H2,1-3H3. The van der Waals surface area contributed by atoms with Gasteiger partial charge in [0.2, 0.25) is 0 Å². The normalized spacial score (nSPS) is 18.8. The van der Waals surface area contributed by atoms with Crippen molar-refractivity contribution < 1.29 is 14.3 Å². The maximum Gasteiger partial charge on any atom is 0.257 e. The number of benzene rings is 1. The summed E-state index contributed by atoms with van der Waals surface area (Å²) in [7, 11) is 5.10. The van der Waals surface area contributed by atoms with Crippen molar-refractivity contribution in [3.05, 3.63) is 23.8 Å². The second-order valence-electron chi connectivity index (χ2n) is 4.95. The molecule has 2 rings (SSSR count). The zero-order valence-corrected chi connectivity index (χ0v) is 12.3. The van der Waals surface area contributed by atoms with Crippen LogP contribution in [0.5, 0.6) is 11.5 Å². The van der Waals surface area contributed by atoms with Gasteiger partial charge in [-0.2, -0.15) is 0 Å². The Morgan fingerprint density at radius 2 is 2.15 bits per heavy atom. The molecular formula is C15H22N2O3. The molecule has 1 heterocycles. The van der Waals surface area contributed by atoms with E-state index < -0.39 is 0 Å². The summed E-state index contributed by atoms with van der Waals surface area (Å²) in [4.78, 5) is 14.5. The lowest BCUT2D eigenvalue weighted by Crippen LogP contribution is -2.47. The van der Waals surface area contributed by atoms with Crippen molar-refractivity contribution in [2.75, 3.05) is 34.4 Å². The Bertz CT molecular complexity index is 476. The van der Waals surface area contributed by atoms with Gasteiger partial charge in [-0.15, -0.1) is 0 Å². The summed E-state index contributed by atoms with van der Waals surface area (Å²) < 4.78 is 10.5. The van der Waals surface area contributed by atoms with Gasteiger partial charge < -0.3 is 19.7 Å². The molecule has 1 aromatic rings. The van der Waals surface area contributed by atoms with E-state index in [1.54, 1.807) is 32.4 Å². The molecule has 1 amide bonds. The van der Waals surface area contributed by atoms with Crippen LogP contribution in [0.1, 0.15) is 23.2 Å². The molecule has 1 unspecified atom stereocenters. The Labute approximate surface area is 119 Å². The first-order valence-electron chi connectivity index (χ1n) is 6.88. The van der Waals surface area contributed by atoms with Crippen molar-refractivity contribution in [1.82, 2.24) is 10.2 Å². The highest BCUT2D eigenvalue weighted by atomic mass is 16.5. The maximum atomic E-state index is 12.7. The minimum absolute atomic E-state index is 0.000648. The number of piperidine rings is 1. The maximum absolute atomic E-state index is 12.7. The number of likely N-dealkylation sites (N-methyl/N-ethyl adjacent to an activating group) is 1. The van der Waals surface area contributed by atoms with E-state index in [0.717, 1.165) is 25.9 Å². The molecule has 0 saturated carbocycles. The highest BCUT2D eigenvalue weighted by Gasteiger charge is 2.25. The monoisotopic (exact) mass is 278 g/mol. The smallest absolute Gasteiger partial charge is 0.257 e. The SMILES string of the molecule is CNC1CCCN(C(=O)c2cc(OC)ccc2OC)C1. The Morgan fingerprint density at radius 1 is 1.35 bits per heavy atom. The number of carbonyl (C=O) groups excluding carboxylic acids is 1. The van der Waals surface area contributed by atoms with Crippen LogP contribution in [0.25, 0.3) is 0 Å². The largest absolute Gasteiger partial charge is 0.497 e. The number of methoxy groups -OCH3 is 2.